The lowest BCUT2D eigenvalue weighted by Gasteiger charge is -2.35. The number of methoxy groups -OCH3 is 2. The molecule has 0 aromatic heterocycles. The molecule has 0 heterocycles. The van der Waals surface area contributed by atoms with Crippen LogP contribution in [-0.4, -0.2) is 38.8 Å². The van der Waals surface area contributed by atoms with E-state index in [0.29, 0.717) is 30.3 Å². The molecule has 1 fully saturated rings. The van der Waals surface area contributed by atoms with E-state index in [2.05, 4.69) is 0 Å². The van der Waals surface area contributed by atoms with Gasteiger partial charge in [0.25, 0.3) is 0 Å². The Hall–Kier alpha value is -1.75. The van der Waals surface area contributed by atoms with Crippen LogP contribution in [0.5, 0.6) is 17.2 Å². The number of carbonyl (C=O) groups excluding carboxylic acids is 1. The second-order valence-electron chi connectivity index (χ2n) is 4.61. The molecular formula is C15H20O5. The first-order valence-electron chi connectivity index (χ1n) is 6.73. The van der Waals surface area contributed by atoms with Crippen molar-refractivity contribution in [3.8, 4) is 17.2 Å². The molecule has 0 radical (unpaired) electrons. The molecule has 0 amide bonds. The van der Waals surface area contributed by atoms with Crippen LogP contribution in [0.15, 0.2) is 18.2 Å². The zero-order chi connectivity index (χ0) is 14.5. The van der Waals surface area contributed by atoms with Crippen molar-refractivity contribution >= 4 is 5.78 Å². The minimum atomic E-state index is -0.482. The molecule has 2 unspecified atom stereocenters. The molecular weight excluding hydrogens is 260 g/mol. The van der Waals surface area contributed by atoms with Crippen molar-refractivity contribution in [2.24, 2.45) is 0 Å². The summed E-state index contributed by atoms with van der Waals surface area (Å²) in [4.78, 5) is 11.6. The molecule has 5 nitrogen and oxygen atoms in total. The average Bonchev–Trinajstić information content (AvgIpc) is 2.47. The van der Waals surface area contributed by atoms with Gasteiger partial charge < -0.3 is 18.9 Å². The molecule has 1 saturated carbocycles. The Morgan fingerprint density at radius 2 is 1.85 bits per heavy atom. The van der Waals surface area contributed by atoms with Crippen LogP contribution in [0.1, 0.15) is 19.8 Å². The second kappa shape index (κ2) is 6.61. The van der Waals surface area contributed by atoms with E-state index in [1.165, 1.54) is 0 Å². The summed E-state index contributed by atoms with van der Waals surface area (Å²) < 4.78 is 21.9. The highest BCUT2D eigenvalue weighted by molar-refractivity contribution is 5.90. The van der Waals surface area contributed by atoms with Crippen LogP contribution in [-0.2, 0) is 9.53 Å². The Labute approximate surface area is 118 Å². The number of benzene rings is 1. The van der Waals surface area contributed by atoms with Gasteiger partial charge in [-0.3, -0.25) is 4.79 Å². The lowest BCUT2D eigenvalue weighted by atomic mass is 9.90. The van der Waals surface area contributed by atoms with E-state index < -0.39 is 6.10 Å². The zero-order valence-corrected chi connectivity index (χ0v) is 12.0. The lowest BCUT2D eigenvalue weighted by molar-refractivity contribution is -0.155. The molecule has 0 bridgehead atoms. The van der Waals surface area contributed by atoms with Gasteiger partial charge in [-0.05, 0) is 18.6 Å². The Morgan fingerprint density at radius 3 is 2.35 bits per heavy atom. The van der Waals surface area contributed by atoms with Gasteiger partial charge in [-0.1, -0.05) is 13.0 Å². The average molecular weight is 280 g/mol. The number of ether oxygens (including phenoxy) is 4. The van der Waals surface area contributed by atoms with Crippen molar-refractivity contribution in [1.29, 1.82) is 0 Å². The Kier molecular flexibility index (Phi) is 4.84. The van der Waals surface area contributed by atoms with Crippen LogP contribution in [0, 0.1) is 0 Å². The van der Waals surface area contributed by atoms with Gasteiger partial charge in [-0.25, -0.2) is 0 Å². The van der Waals surface area contributed by atoms with E-state index in [4.69, 9.17) is 18.9 Å². The molecule has 1 aliphatic rings. The smallest absolute Gasteiger partial charge is 0.203 e. The molecule has 0 spiro atoms. The molecule has 110 valence electrons. The van der Waals surface area contributed by atoms with Gasteiger partial charge in [0.05, 0.1) is 14.2 Å². The van der Waals surface area contributed by atoms with Crippen molar-refractivity contribution in [1.82, 2.24) is 0 Å². The van der Waals surface area contributed by atoms with Gasteiger partial charge in [-0.15, -0.1) is 0 Å². The van der Waals surface area contributed by atoms with Gasteiger partial charge in [0.1, 0.15) is 6.10 Å². The third-order valence-corrected chi connectivity index (χ3v) is 3.21. The van der Waals surface area contributed by atoms with Crippen LogP contribution in [0.25, 0.3) is 0 Å². The van der Waals surface area contributed by atoms with Crippen molar-refractivity contribution < 1.29 is 23.7 Å². The SMILES string of the molecule is CCCOC1C(=O)CC1Oc1c(OC)cccc1OC. The highest BCUT2D eigenvalue weighted by atomic mass is 16.6. The molecule has 2 rings (SSSR count). The first kappa shape index (κ1) is 14.7. The number of hydrogen-bond donors (Lipinski definition) is 0. The van der Waals surface area contributed by atoms with Gasteiger partial charge in [0, 0.05) is 13.0 Å². The van der Waals surface area contributed by atoms with E-state index in [1.807, 2.05) is 13.0 Å². The summed E-state index contributed by atoms with van der Waals surface area (Å²) in [6.07, 6.45) is 0.466. The minimum absolute atomic E-state index is 0.0808. The number of ketones is 1. The van der Waals surface area contributed by atoms with E-state index >= 15 is 0 Å². The fourth-order valence-electron chi connectivity index (χ4n) is 2.10. The quantitative estimate of drug-likeness (QED) is 0.766. The summed E-state index contributed by atoms with van der Waals surface area (Å²) in [5, 5.41) is 0. The summed E-state index contributed by atoms with van der Waals surface area (Å²) in [6.45, 7) is 2.56. The van der Waals surface area contributed by atoms with Crippen LogP contribution in [0.2, 0.25) is 0 Å². The number of hydrogen-bond acceptors (Lipinski definition) is 5. The highest BCUT2D eigenvalue weighted by Gasteiger charge is 2.43. The van der Waals surface area contributed by atoms with Crippen molar-refractivity contribution in [3.63, 3.8) is 0 Å². The van der Waals surface area contributed by atoms with Crippen molar-refractivity contribution in [2.75, 3.05) is 20.8 Å². The third kappa shape index (κ3) is 2.88. The number of Topliss-reactive ketones (excluding diaryl/α,β-unsaturated/α-hetero) is 1. The van der Waals surface area contributed by atoms with Crippen LogP contribution in [0.4, 0.5) is 0 Å². The predicted octanol–water partition coefficient (Wildman–Crippen LogP) is 2.22. The Morgan fingerprint density at radius 1 is 1.20 bits per heavy atom. The third-order valence-electron chi connectivity index (χ3n) is 3.21. The lowest BCUT2D eigenvalue weighted by Crippen LogP contribution is -2.52. The maximum atomic E-state index is 11.6. The Bertz CT molecular complexity index is 449. The summed E-state index contributed by atoms with van der Waals surface area (Å²) in [7, 11) is 3.14. The summed E-state index contributed by atoms with van der Waals surface area (Å²) in [5.74, 6) is 1.76. The minimum Gasteiger partial charge on any atom is -0.493 e. The van der Waals surface area contributed by atoms with Gasteiger partial charge in [0.15, 0.2) is 23.4 Å². The van der Waals surface area contributed by atoms with Gasteiger partial charge in [-0.2, -0.15) is 0 Å². The normalized spacial score (nSPS) is 21.2. The number of para-hydroxylation sites is 1. The van der Waals surface area contributed by atoms with Crippen molar-refractivity contribution in [3.05, 3.63) is 18.2 Å². The van der Waals surface area contributed by atoms with Crippen molar-refractivity contribution in [2.45, 2.75) is 32.0 Å². The fraction of sp³-hybridized carbons (Fsp3) is 0.533. The molecule has 5 heteroatoms. The first-order chi connectivity index (χ1) is 9.71. The van der Waals surface area contributed by atoms with Crippen LogP contribution in [0.3, 0.4) is 0 Å². The first-order valence-corrected chi connectivity index (χ1v) is 6.73. The van der Waals surface area contributed by atoms with E-state index in [0.717, 1.165) is 6.42 Å². The number of carbonyl (C=O) groups is 1. The molecule has 0 N–H and O–H groups in total. The summed E-state index contributed by atoms with van der Waals surface area (Å²) >= 11 is 0. The molecule has 1 aliphatic carbocycles. The summed E-state index contributed by atoms with van der Waals surface area (Å²) in [5.41, 5.74) is 0. The van der Waals surface area contributed by atoms with Crippen LogP contribution < -0.4 is 14.2 Å². The van der Waals surface area contributed by atoms with Crippen LogP contribution >= 0.6 is 0 Å². The fourth-order valence-corrected chi connectivity index (χ4v) is 2.10. The summed E-state index contributed by atoms with van der Waals surface area (Å²) in [6, 6.07) is 5.40. The topological polar surface area (TPSA) is 54.0 Å². The number of rotatable bonds is 7. The monoisotopic (exact) mass is 280 g/mol. The molecule has 20 heavy (non-hydrogen) atoms. The molecule has 1 aromatic carbocycles. The van der Waals surface area contributed by atoms with E-state index in [-0.39, 0.29) is 11.9 Å². The Balaban J connectivity index is 2.11. The molecule has 0 aliphatic heterocycles. The predicted molar refractivity (Wildman–Crippen MR) is 73.6 cm³/mol. The highest BCUT2D eigenvalue weighted by Crippen LogP contribution is 2.39. The van der Waals surface area contributed by atoms with E-state index in [9.17, 15) is 4.79 Å². The zero-order valence-electron chi connectivity index (χ0n) is 12.0. The maximum Gasteiger partial charge on any atom is 0.203 e. The van der Waals surface area contributed by atoms with Gasteiger partial charge in [0.2, 0.25) is 5.75 Å². The van der Waals surface area contributed by atoms with Gasteiger partial charge >= 0.3 is 0 Å². The maximum absolute atomic E-state index is 11.6. The molecule has 2 atom stereocenters. The molecule has 0 saturated heterocycles. The second-order valence-corrected chi connectivity index (χ2v) is 4.61. The van der Waals surface area contributed by atoms with E-state index in [1.54, 1.807) is 26.4 Å². The largest absolute Gasteiger partial charge is 0.493 e. The molecule has 1 aromatic rings. The standard InChI is InChI=1S/C15H20O5/c1-4-8-19-14-10(16)9-13(14)20-15-11(17-2)6-5-7-12(15)18-3/h5-7,13-14H,4,8-9H2,1-3H3.